The first-order chi connectivity index (χ1) is 12.8. The number of rotatable bonds is 6. The van der Waals surface area contributed by atoms with Gasteiger partial charge in [-0.3, -0.25) is 19.5 Å². The number of hydrogen-bond acceptors (Lipinski definition) is 5. The summed E-state index contributed by atoms with van der Waals surface area (Å²) < 4.78 is 6.42. The van der Waals surface area contributed by atoms with E-state index >= 15 is 0 Å². The normalized spacial score (nSPS) is 10.9. The molecule has 0 atom stereocenters. The maximum Gasteiger partial charge on any atom is 0.419 e. The van der Waals surface area contributed by atoms with Gasteiger partial charge in [-0.25, -0.2) is 4.79 Å². The molecule has 9 heteroatoms. The van der Waals surface area contributed by atoms with Gasteiger partial charge in [0.05, 0.1) is 16.5 Å². The fourth-order valence-electron chi connectivity index (χ4n) is 2.72. The fraction of sp³-hybridized carbons (Fsp3) is 0.222. The number of benzene rings is 2. The first-order valence-corrected chi connectivity index (χ1v) is 8.57. The smallest absolute Gasteiger partial charge is 0.407 e. The Hall–Kier alpha value is -3.13. The van der Waals surface area contributed by atoms with Gasteiger partial charge < -0.3 is 9.73 Å². The van der Waals surface area contributed by atoms with Crippen molar-refractivity contribution in [1.82, 2.24) is 4.57 Å². The molecule has 2 aromatic carbocycles. The predicted octanol–water partition coefficient (Wildman–Crippen LogP) is 3.88. The number of carbonyl (C=O) groups is 1. The third kappa shape index (κ3) is 4.17. The number of carbonyl (C=O) groups excluding carboxylic acids is 1. The van der Waals surface area contributed by atoms with E-state index in [4.69, 9.17) is 16.0 Å². The molecule has 0 unspecified atom stereocenters. The monoisotopic (exact) mass is 389 g/mol. The van der Waals surface area contributed by atoms with Crippen LogP contribution in [-0.4, -0.2) is 15.4 Å². The topological polar surface area (TPSA) is 107 Å². The lowest BCUT2D eigenvalue weighted by atomic mass is 10.2. The Morgan fingerprint density at radius 3 is 2.81 bits per heavy atom. The second-order valence-electron chi connectivity index (χ2n) is 6.04. The van der Waals surface area contributed by atoms with Crippen molar-refractivity contribution in [2.24, 2.45) is 0 Å². The van der Waals surface area contributed by atoms with Gasteiger partial charge in [-0.1, -0.05) is 17.7 Å². The van der Waals surface area contributed by atoms with Crippen LogP contribution in [0.15, 0.2) is 45.6 Å². The Morgan fingerprint density at radius 2 is 2.07 bits per heavy atom. The summed E-state index contributed by atoms with van der Waals surface area (Å²) >= 11 is 5.93. The van der Waals surface area contributed by atoms with Crippen LogP contribution in [-0.2, 0) is 11.3 Å². The molecule has 1 aromatic heterocycles. The number of nitrogens with one attached hydrogen (secondary N) is 1. The molecule has 0 aliphatic heterocycles. The summed E-state index contributed by atoms with van der Waals surface area (Å²) in [7, 11) is 0. The Morgan fingerprint density at radius 1 is 1.30 bits per heavy atom. The Kier molecular flexibility index (Phi) is 5.27. The van der Waals surface area contributed by atoms with E-state index in [9.17, 15) is 19.7 Å². The van der Waals surface area contributed by atoms with Crippen LogP contribution < -0.4 is 11.1 Å². The third-order valence-corrected chi connectivity index (χ3v) is 4.36. The van der Waals surface area contributed by atoms with Crippen LogP contribution in [0.1, 0.15) is 18.4 Å². The van der Waals surface area contributed by atoms with Gasteiger partial charge >= 0.3 is 5.76 Å². The number of nitro groups is 1. The predicted molar refractivity (Wildman–Crippen MR) is 101 cm³/mol. The molecule has 140 valence electrons. The van der Waals surface area contributed by atoms with Crippen LogP contribution in [0.2, 0.25) is 5.02 Å². The maximum absolute atomic E-state index is 12.1. The molecular weight excluding hydrogens is 374 g/mol. The maximum atomic E-state index is 12.1. The number of oxazole rings is 1. The van der Waals surface area contributed by atoms with Crippen LogP contribution in [0.4, 0.5) is 11.4 Å². The lowest BCUT2D eigenvalue weighted by Crippen LogP contribution is -2.17. The summed E-state index contributed by atoms with van der Waals surface area (Å²) in [5.41, 5.74) is 1.99. The molecule has 27 heavy (non-hydrogen) atoms. The largest absolute Gasteiger partial charge is 0.419 e. The molecule has 3 aromatic rings. The minimum Gasteiger partial charge on any atom is -0.407 e. The molecule has 0 bridgehead atoms. The van der Waals surface area contributed by atoms with Gasteiger partial charge in [0.15, 0.2) is 5.58 Å². The van der Waals surface area contributed by atoms with E-state index in [0.29, 0.717) is 22.6 Å². The number of aromatic nitrogens is 1. The van der Waals surface area contributed by atoms with E-state index in [1.165, 1.54) is 22.8 Å². The number of amides is 1. The summed E-state index contributed by atoms with van der Waals surface area (Å²) in [5, 5.41) is 14.1. The van der Waals surface area contributed by atoms with Crippen LogP contribution in [0.3, 0.4) is 0 Å². The SMILES string of the molecule is Cc1ccc(Cl)cc1NC(=O)CCCn1c(=O)oc2cc([N+](=O)[O-])ccc21. The number of non-ortho nitro benzene ring substituents is 1. The van der Waals surface area contributed by atoms with E-state index < -0.39 is 10.7 Å². The molecule has 1 heterocycles. The van der Waals surface area contributed by atoms with Crippen LogP contribution in [0, 0.1) is 17.0 Å². The van der Waals surface area contributed by atoms with Gasteiger partial charge in [0.25, 0.3) is 5.69 Å². The van der Waals surface area contributed by atoms with E-state index in [1.54, 1.807) is 12.1 Å². The fourth-order valence-corrected chi connectivity index (χ4v) is 2.89. The van der Waals surface area contributed by atoms with Gasteiger partial charge in [-0.2, -0.15) is 0 Å². The first kappa shape index (κ1) is 18.7. The Bertz CT molecular complexity index is 1090. The molecular formula is C18H16ClN3O5. The molecule has 1 amide bonds. The second-order valence-corrected chi connectivity index (χ2v) is 6.48. The zero-order valence-electron chi connectivity index (χ0n) is 14.4. The zero-order valence-corrected chi connectivity index (χ0v) is 15.2. The highest BCUT2D eigenvalue weighted by molar-refractivity contribution is 6.31. The van der Waals surface area contributed by atoms with Crippen molar-refractivity contribution in [3.63, 3.8) is 0 Å². The summed E-state index contributed by atoms with van der Waals surface area (Å²) in [6.07, 6.45) is 0.592. The molecule has 0 saturated heterocycles. The molecule has 0 fully saturated rings. The highest BCUT2D eigenvalue weighted by Crippen LogP contribution is 2.22. The van der Waals surface area contributed by atoms with Crippen molar-refractivity contribution in [3.8, 4) is 0 Å². The molecule has 1 N–H and O–H groups in total. The van der Waals surface area contributed by atoms with Gasteiger partial charge in [0.2, 0.25) is 5.91 Å². The standard InChI is InChI=1S/C18H16ClN3O5/c1-11-4-5-12(19)9-14(11)20-17(23)3-2-8-21-15-7-6-13(22(25)26)10-16(15)27-18(21)24/h4-7,9-10H,2-3,8H2,1H3,(H,20,23). The van der Waals surface area contributed by atoms with Crippen molar-refractivity contribution >= 4 is 40.0 Å². The number of anilines is 1. The minimum absolute atomic E-state index is 0.146. The average molecular weight is 390 g/mol. The number of aryl methyl sites for hydroxylation is 2. The summed E-state index contributed by atoms with van der Waals surface area (Å²) in [4.78, 5) is 34.4. The minimum atomic E-state index is -0.614. The van der Waals surface area contributed by atoms with Crippen molar-refractivity contribution in [1.29, 1.82) is 0 Å². The van der Waals surface area contributed by atoms with Crippen molar-refractivity contribution in [3.05, 3.63) is 67.6 Å². The summed E-state index contributed by atoms with van der Waals surface area (Å²) in [6, 6.07) is 9.22. The number of nitrogens with zero attached hydrogens (tertiary/aromatic N) is 2. The van der Waals surface area contributed by atoms with Crippen LogP contribution >= 0.6 is 11.6 Å². The molecule has 0 aliphatic carbocycles. The van der Waals surface area contributed by atoms with Gasteiger partial charge in [0.1, 0.15) is 0 Å². The van der Waals surface area contributed by atoms with Crippen LogP contribution in [0.25, 0.3) is 11.1 Å². The number of halogens is 1. The molecule has 0 aliphatic rings. The average Bonchev–Trinajstić information content (AvgIpc) is 2.93. The third-order valence-electron chi connectivity index (χ3n) is 4.12. The summed E-state index contributed by atoms with van der Waals surface area (Å²) in [6.45, 7) is 2.12. The van der Waals surface area contributed by atoms with Crippen LogP contribution in [0.5, 0.6) is 0 Å². The highest BCUT2D eigenvalue weighted by Gasteiger charge is 2.14. The molecule has 0 radical (unpaired) electrons. The first-order valence-electron chi connectivity index (χ1n) is 8.19. The number of fused-ring (bicyclic) bond motifs is 1. The quantitative estimate of drug-likeness (QED) is 0.508. The van der Waals surface area contributed by atoms with Crippen molar-refractivity contribution in [2.45, 2.75) is 26.3 Å². The Balaban J connectivity index is 1.66. The molecule has 3 rings (SSSR count). The second kappa shape index (κ2) is 7.63. The van der Waals surface area contributed by atoms with Crippen molar-refractivity contribution in [2.75, 3.05) is 5.32 Å². The zero-order chi connectivity index (χ0) is 19.6. The number of nitro benzene ring substituents is 1. The van der Waals surface area contributed by atoms with Gasteiger partial charge in [0, 0.05) is 29.7 Å². The van der Waals surface area contributed by atoms with Gasteiger partial charge in [-0.05, 0) is 37.1 Å². The lowest BCUT2D eigenvalue weighted by molar-refractivity contribution is -0.384. The van der Waals surface area contributed by atoms with E-state index in [1.807, 2.05) is 13.0 Å². The Labute approximate surface area is 158 Å². The number of hydrogen-bond donors (Lipinski definition) is 1. The summed E-state index contributed by atoms with van der Waals surface area (Å²) in [5.74, 6) is -0.812. The molecule has 8 nitrogen and oxygen atoms in total. The lowest BCUT2D eigenvalue weighted by Gasteiger charge is -2.09. The van der Waals surface area contributed by atoms with E-state index in [2.05, 4.69) is 5.32 Å². The molecule has 0 spiro atoms. The van der Waals surface area contributed by atoms with Gasteiger partial charge in [-0.15, -0.1) is 0 Å². The van der Waals surface area contributed by atoms with E-state index in [-0.39, 0.29) is 30.1 Å². The van der Waals surface area contributed by atoms with Crippen molar-refractivity contribution < 1.29 is 14.1 Å². The highest BCUT2D eigenvalue weighted by atomic mass is 35.5. The molecule has 0 saturated carbocycles. The van der Waals surface area contributed by atoms with E-state index in [0.717, 1.165) is 5.56 Å².